The molecule has 0 aromatic carbocycles. The molecule has 0 fully saturated rings. The van der Waals surface area contributed by atoms with E-state index in [0.29, 0.717) is 6.42 Å². The number of amides is 1. The molecule has 10 heteroatoms. The highest BCUT2D eigenvalue weighted by atomic mass is 31.2. The average molecular weight is 796 g/mol. The lowest BCUT2D eigenvalue weighted by atomic mass is 10.1. The molecule has 0 spiro atoms. The molecule has 55 heavy (non-hydrogen) atoms. The van der Waals surface area contributed by atoms with Crippen LogP contribution in [0, 0.1) is 0 Å². The first-order valence-corrected chi connectivity index (χ1v) is 23.6. The number of unbranched alkanes of at least 4 members (excludes halogenated alkanes) is 20. The molecule has 0 aliphatic carbocycles. The van der Waals surface area contributed by atoms with E-state index in [1.165, 1.54) is 89.9 Å². The van der Waals surface area contributed by atoms with E-state index in [9.17, 15) is 24.2 Å². The Kier molecular flexibility index (Phi) is 40.1. The summed E-state index contributed by atoms with van der Waals surface area (Å²) in [6.45, 7) is 3.49. The molecule has 0 aliphatic heterocycles. The van der Waals surface area contributed by atoms with Crippen molar-refractivity contribution in [3.8, 4) is 0 Å². The summed E-state index contributed by atoms with van der Waals surface area (Å²) in [4.78, 5) is 33.9. The second-order valence-corrected chi connectivity index (χ2v) is 16.1. The summed E-state index contributed by atoms with van der Waals surface area (Å²) < 4.78 is 26.9. The highest BCUT2D eigenvalue weighted by Gasteiger charge is 2.23. The number of nitrogens with one attached hydrogen (secondary N) is 1. The molecule has 0 radical (unpaired) electrons. The second kappa shape index (κ2) is 41.6. The molecular formula is C45H82NO8P. The third kappa shape index (κ3) is 42.9. The number of hydrogen-bond donors (Lipinski definition) is 3. The lowest BCUT2D eigenvalue weighted by Gasteiger charge is -2.15. The fourth-order valence-corrected chi connectivity index (χ4v) is 6.61. The van der Waals surface area contributed by atoms with Crippen molar-refractivity contribution < 1.29 is 37.9 Å². The Morgan fingerprint density at radius 2 is 0.982 bits per heavy atom. The largest absolute Gasteiger partial charge is 0.472 e. The van der Waals surface area contributed by atoms with Crippen LogP contribution in [0.3, 0.4) is 0 Å². The van der Waals surface area contributed by atoms with Crippen molar-refractivity contribution in [1.29, 1.82) is 0 Å². The zero-order valence-electron chi connectivity index (χ0n) is 35.1. The Balaban J connectivity index is 3.63. The first-order chi connectivity index (χ1) is 26.8. The van der Waals surface area contributed by atoms with E-state index in [2.05, 4.69) is 67.8 Å². The Bertz CT molecular complexity index is 1040. The van der Waals surface area contributed by atoms with Gasteiger partial charge in [-0.25, -0.2) is 4.57 Å². The van der Waals surface area contributed by atoms with Gasteiger partial charge in [0.2, 0.25) is 5.91 Å². The summed E-state index contributed by atoms with van der Waals surface area (Å²) in [6, 6.07) is 0. The summed E-state index contributed by atoms with van der Waals surface area (Å²) in [7, 11) is -4.42. The molecule has 0 aliphatic rings. The van der Waals surface area contributed by atoms with Gasteiger partial charge in [0.05, 0.1) is 13.2 Å². The van der Waals surface area contributed by atoms with Crippen LogP contribution in [0.1, 0.15) is 194 Å². The number of ether oxygens (including phenoxy) is 1. The zero-order chi connectivity index (χ0) is 40.3. The maximum atomic E-state index is 12.1. The van der Waals surface area contributed by atoms with Crippen LogP contribution in [-0.2, 0) is 27.9 Å². The van der Waals surface area contributed by atoms with Crippen LogP contribution in [0.25, 0.3) is 0 Å². The van der Waals surface area contributed by atoms with Gasteiger partial charge >= 0.3 is 13.8 Å². The normalized spacial score (nSPS) is 13.7. The van der Waals surface area contributed by atoms with Crippen molar-refractivity contribution in [3.05, 3.63) is 48.6 Å². The highest BCUT2D eigenvalue weighted by Crippen LogP contribution is 2.42. The highest BCUT2D eigenvalue weighted by molar-refractivity contribution is 7.47. The van der Waals surface area contributed by atoms with Gasteiger partial charge in [0, 0.05) is 19.4 Å². The van der Waals surface area contributed by atoms with Crippen LogP contribution >= 0.6 is 7.82 Å². The molecule has 1 amide bonds. The van der Waals surface area contributed by atoms with Crippen LogP contribution in [0.15, 0.2) is 48.6 Å². The van der Waals surface area contributed by atoms with E-state index in [1.54, 1.807) is 0 Å². The van der Waals surface area contributed by atoms with Crippen molar-refractivity contribution >= 4 is 19.7 Å². The molecule has 0 saturated heterocycles. The lowest BCUT2D eigenvalue weighted by molar-refractivity contribution is -0.147. The molecule has 0 bridgehead atoms. The monoisotopic (exact) mass is 796 g/mol. The van der Waals surface area contributed by atoms with Crippen molar-refractivity contribution in [2.75, 3.05) is 26.4 Å². The van der Waals surface area contributed by atoms with Crippen molar-refractivity contribution in [1.82, 2.24) is 5.32 Å². The zero-order valence-corrected chi connectivity index (χ0v) is 36.0. The van der Waals surface area contributed by atoms with Gasteiger partial charge in [-0.15, -0.1) is 0 Å². The fraction of sp³-hybridized carbons (Fsp3) is 0.778. The minimum atomic E-state index is -4.42. The van der Waals surface area contributed by atoms with Crippen molar-refractivity contribution in [2.45, 2.75) is 200 Å². The molecule has 3 N–H and O–H groups in total. The molecule has 0 aromatic rings. The van der Waals surface area contributed by atoms with E-state index in [4.69, 9.17) is 13.8 Å². The van der Waals surface area contributed by atoms with Gasteiger partial charge in [-0.3, -0.25) is 18.6 Å². The van der Waals surface area contributed by atoms with E-state index < -0.39 is 26.5 Å². The maximum Gasteiger partial charge on any atom is 0.472 e. The third-order valence-corrected chi connectivity index (χ3v) is 10.2. The Hall–Kier alpha value is -2.03. The Labute approximate surface area is 336 Å². The number of carbonyl (C=O) groups excluding carboxylic acids is 2. The van der Waals surface area contributed by atoms with Crippen molar-refractivity contribution in [3.63, 3.8) is 0 Å². The number of phosphoric ester groups is 1. The van der Waals surface area contributed by atoms with Gasteiger partial charge in [0.1, 0.15) is 12.7 Å². The quantitative estimate of drug-likeness (QED) is 0.0241. The van der Waals surface area contributed by atoms with E-state index in [1.807, 2.05) is 0 Å². The van der Waals surface area contributed by atoms with Crippen LogP contribution in [0.4, 0.5) is 0 Å². The molecule has 320 valence electrons. The van der Waals surface area contributed by atoms with E-state index in [0.717, 1.165) is 77.0 Å². The summed E-state index contributed by atoms with van der Waals surface area (Å²) in [5.74, 6) is -0.538. The predicted octanol–water partition coefficient (Wildman–Crippen LogP) is 12.3. The summed E-state index contributed by atoms with van der Waals surface area (Å²) in [5, 5.41) is 12.7. The lowest BCUT2D eigenvalue weighted by Crippen LogP contribution is -2.27. The van der Waals surface area contributed by atoms with Crippen LogP contribution in [0.2, 0.25) is 0 Å². The first kappa shape index (κ1) is 53.0. The topological polar surface area (TPSA) is 131 Å². The number of rotatable bonds is 41. The van der Waals surface area contributed by atoms with Gasteiger partial charge in [0.25, 0.3) is 0 Å². The van der Waals surface area contributed by atoms with Crippen LogP contribution < -0.4 is 5.32 Å². The molecule has 2 atom stereocenters. The summed E-state index contributed by atoms with van der Waals surface area (Å²) in [6.07, 6.45) is 47.5. The van der Waals surface area contributed by atoms with Gasteiger partial charge in [0.15, 0.2) is 0 Å². The minimum Gasteiger partial charge on any atom is -0.463 e. The number of hydrogen-bond acceptors (Lipinski definition) is 7. The molecule has 2 unspecified atom stereocenters. The summed E-state index contributed by atoms with van der Waals surface area (Å²) in [5.41, 5.74) is 0. The Morgan fingerprint density at radius 3 is 1.45 bits per heavy atom. The number of esters is 1. The molecule has 0 rings (SSSR count). The maximum absolute atomic E-state index is 12.1. The summed E-state index contributed by atoms with van der Waals surface area (Å²) >= 11 is 0. The number of aliphatic hydroxyl groups excluding tert-OH is 1. The number of phosphoric acid groups is 1. The smallest absolute Gasteiger partial charge is 0.463 e. The first-order valence-electron chi connectivity index (χ1n) is 22.1. The molecule has 9 nitrogen and oxygen atoms in total. The van der Waals surface area contributed by atoms with Crippen molar-refractivity contribution in [2.24, 2.45) is 0 Å². The van der Waals surface area contributed by atoms with Gasteiger partial charge in [-0.2, -0.15) is 0 Å². The van der Waals surface area contributed by atoms with E-state index in [-0.39, 0.29) is 32.1 Å². The Morgan fingerprint density at radius 1 is 0.564 bits per heavy atom. The van der Waals surface area contributed by atoms with Crippen LogP contribution in [-0.4, -0.2) is 54.3 Å². The SMILES string of the molecule is CCCCCC/C=C\C/C=C\CCCCCCCCCC(=O)NCCOP(=O)(O)OCC(O)COC(=O)CCCCCCC/C=C\C/C=C\CCCCCC. The minimum absolute atomic E-state index is 0.0743. The van der Waals surface area contributed by atoms with Crippen LogP contribution in [0.5, 0.6) is 0 Å². The number of aliphatic hydroxyl groups is 1. The van der Waals surface area contributed by atoms with Gasteiger partial charge < -0.3 is 20.1 Å². The standard InChI is InChI=1S/C45H82NO8P/c1-3-5-7-9-11-13-15-17-19-21-22-23-25-27-29-31-33-35-37-44(48)46-39-40-53-55(50,51)54-42-43(47)41-52-45(49)38-36-34-32-30-28-26-24-20-18-16-14-12-10-8-6-4-2/h13-16,19-21,24,43,47H,3-12,17-18,22-23,25-42H2,1-2H3,(H,46,48)(H,50,51)/b15-13-,16-14-,21-19-,24-20-. The third-order valence-electron chi connectivity index (χ3n) is 9.23. The van der Waals surface area contributed by atoms with Gasteiger partial charge in [-0.1, -0.05) is 152 Å². The second-order valence-electron chi connectivity index (χ2n) is 14.7. The van der Waals surface area contributed by atoms with Gasteiger partial charge in [-0.05, 0) is 77.0 Å². The molecule has 0 aromatic heterocycles. The average Bonchev–Trinajstić information content (AvgIpc) is 3.17. The number of allylic oxidation sites excluding steroid dienone is 8. The molecule has 0 saturated carbocycles. The van der Waals surface area contributed by atoms with E-state index >= 15 is 0 Å². The fourth-order valence-electron chi connectivity index (χ4n) is 5.85. The predicted molar refractivity (Wildman–Crippen MR) is 229 cm³/mol. The molecule has 0 heterocycles. The number of carbonyl (C=O) groups is 2. The molecular weight excluding hydrogens is 713 g/mol.